The zero-order chi connectivity index (χ0) is 18.2. The predicted molar refractivity (Wildman–Crippen MR) is 103 cm³/mol. The van der Waals surface area contributed by atoms with Crippen molar-refractivity contribution in [1.82, 2.24) is 15.3 Å². The van der Waals surface area contributed by atoms with Gasteiger partial charge in [0.05, 0.1) is 24.4 Å². The summed E-state index contributed by atoms with van der Waals surface area (Å²) < 4.78 is 5.40. The molecular formula is C20H21N3O2S. The summed E-state index contributed by atoms with van der Waals surface area (Å²) in [6, 6.07) is 13.4. The maximum atomic E-state index is 12.1. The Labute approximate surface area is 157 Å². The third-order valence-electron chi connectivity index (χ3n) is 3.74. The fraction of sp³-hybridized carbons (Fsp3) is 0.250. The van der Waals surface area contributed by atoms with Crippen molar-refractivity contribution in [3.63, 3.8) is 0 Å². The van der Waals surface area contributed by atoms with Gasteiger partial charge in [0.1, 0.15) is 10.8 Å². The van der Waals surface area contributed by atoms with E-state index in [1.165, 1.54) is 0 Å². The van der Waals surface area contributed by atoms with Crippen LogP contribution in [0.2, 0.25) is 0 Å². The van der Waals surface area contributed by atoms with Crippen LogP contribution in [0, 0.1) is 0 Å². The van der Waals surface area contributed by atoms with E-state index in [0.29, 0.717) is 26.0 Å². The van der Waals surface area contributed by atoms with E-state index in [-0.39, 0.29) is 5.91 Å². The Morgan fingerprint density at radius 2 is 2.04 bits per heavy atom. The topological polar surface area (TPSA) is 64.1 Å². The highest BCUT2D eigenvalue weighted by Gasteiger charge is 2.07. The molecule has 3 rings (SSSR count). The molecule has 0 saturated heterocycles. The predicted octanol–water partition coefficient (Wildman–Crippen LogP) is 3.51. The summed E-state index contributed by atoms with van der Waals surface area (Å²) in [5, 5.41) is 5.87. The van der Waals surface area contributed by atoms with E-state index in [4.69, 9.17) is 4.74 Å². The maximum absolute atomic E-state index is 12.1. The van der Waals surface area contributed by atoms with Gasteiger partial charge >= 0.3 is 0 Å². The van der Waals surface area contributed by atoms with Crippen LogP contribution < -0.4 is 10.1 Å². The SMILES string of the molecule is CCOc1ccc(CC(=O)NCCc2csc(-c3ccccn3)n2)cc1. The summed E-state index contributed by atoms with van der Waals surface area (Å²) in [7, 11) is 0. The second kappa shape index (κ2) is 9.10. The average molecular weight is 367 g/mol. The third-order valence-corrected chi connectivity index (χ3v) is 4.65. The molecule has 6 heteroatoms. The first kappa shape index (κ1) is 18.1. The van der Waals surface area contributed by atoms with Gasteiger partial charge in [0.25, 0.3) is 0 Å². The number of hydrogen-bond acceptors (Lipinski definition) is 5. The van der Waals surface area contributed by atoms with E-state index in [2.05, 4.69) is 15.3 Å². The van der Waals surface area contributed by atoms with Gasteiger partial charge in [-0.2, -0.15) is 0 Å². The molecule has 0 unspecified atom stereocenters. The van der Waals surface area contributed by atoms with E-state index in [0.717, 1.165) is 27.7 Å². The number of ether oxygens (including phenoxy) is 1. The number of hydrogen-bond donors (Lipinski definition) is 1. The van der Waals surface area contributed by atoms with E-state index in [1.54, 1.807) is 17.5 Å². The molecule has 0 bridgehead atoms. The quantitative estimate of drug-likeness (QED) is 0.662. The van der Waals surface area contributed by atoms with Gasteiger partial charge in [0.2, 0.25) is 5.91 Å². The van der Waals surface area contributed by atoms with Crippen molar-refractivity contribution in [1.29, 1.82) is 0 Å². The Balaban J connectivity index is 1.44. The molecule has 1 amide bonds. The van der Waals surface area contributed by atoms with E-state index in [9.17, 15) is 4.79 Å². The number of nitrogens with zero attached hydrogens (tertiary/aromatic N) is 2. The zero-order valence-corrected chi connectivity index (χ0v) is 15.5. The van der Waals surface area contributed by atoms with Crippen LogP contribution in [0.5, 0.6) is 5.75 Å². The second-order valence-corrected chi connectivity index (χ2v) is 6.57. The molecule has 0 aliphatic rings. The highest BCUT2D eigenvalue weighted by atomic mass is 32.1. The molecule has 3 aromatic rings. The van der Waals surface area contributed by atoms with Crippen LogP contribution in [0.1, 0.15) is 18.2 Å². The lowest BCUT2D eigenvalue weighted by molar-refractivity contribution is -0.120. The van der Waals surface area contributed by atoms with Gasteiger partial charge in [-0.1, -0.05) is 18.2 Å². The van der Waals surface area contributed by atoms with Crippen LogP contribution in [0.25, 0.3) is 10.7 Å². The summed E-state index contributed by atoms with van der Waals surface area (Å²) in [5.41, 5.74) is 2.82. The van der Waals surface area contributed by atoms with Crippen molar-refractivity contribution in [3.8, 4) is 16.5 Å². The summed E-state index contributed by atoms with van der Waals surface area (Å²) in [6.45, 7) is 3.16. The monoisotopic (exact) mass is 367 g/mol. The highest BCUT2D eigenvalue weighted by Crippen LogP contribution is 2.21. The average Bonchev–Trinajstić information content (AvgIpc) is 3.13. The van der Waals surface area contributed by atoms with Crippen LogP contribution in [0.15, 0.2) is 54.0 Å². The lowest BCUT2D eigenvalue weighted by Gasteiger charge is -2.06. The fourth-order valence-electron chi connectivity index (χ4n) is 2.48. The molecule has 0 fully saturated rings. The molecule has 1 aromatic carbocycles. The molecule has 0 saturated carbocycles. The van der Waals surface area contributed by atoms with Crippen molar-refractivity contribution >= 4 is 17.2 Å². The van der Waals surface area contributed by atoms with Gasteiger partial charge < -0.3 is 10.1 Å². The smallest absolute Gasteiger partial charge is 0.224 e. The van der Waals surface area contributed by atoms with Crippen LogP contribution >= 0.6 is 11.3 Å². The maximum Gasteiger partial charge on any atom is 0.224 e. The molecule has 1 N–H and O–H groups in total. The van der Waals surface area contributed by atoms with Gasteiger partial charge in [0.15, 0.2) is 0 Å². The number of pyridine rings is 1. The lowest BCUT2D eigenvalue weighted by Crippen LogP contribution is -2.27. The van der Waals surface area contributed by atoms with Crippen LogP contribution in [0.4, 0.5) is 0 Å². The number of rotatable bonds is 8. The molecule has 26 heavy (non-hydrogen) atoms. The number of amides is 1. The third kappa shape index (κ3) is 5.13. The first-order valence-electron chi connectivity index (χ1n) is 8.59. The van der Waals surface area contributed by atoms with Crippen LogP contribution in [0.3, 0.4) is 0 Å². The Bertz CT molecular complexity index is 832. The number of carbonyl (C=O) groups excluding carboxylic acids is 1. The summed E-state index contributed by atoms with van der Waals surface area (Å²) >= 11 is 1.57. The minimum absolute atomic E-state index is 0.00865. The molecular weight excluding hydrogens is 346 g/mol. The van der Waals surface area contributed by atoms with Crippen LogP contribution in [-0.4, -0.2) is 29.0 Å². The lowest BCUT2D eigenvalue weighted by atomic mass is 10.1. The molecule has 134 valence electrons. The van der Waals surface area contributed by atoms with Crippen molar-refractivity contribution in [3.05, 3.63) is 65.3 Å². The second-order valence-electron chi connectivity index (χ2n) is 5.71. The minimum atomic E-state index is 0.00865. The first-order valence-corrected chi connectivity index (χ1v) is 9.47. The Hall–Kier alpha value is -2.73. The molecule has 2 heterocycles. The number of aromatic nitrogens is 2. The highest BCUT2D eigenvalue weighted by molar-refractivity contribution is 7.13. The number of carbonyl (C=O) groups is 1. The van der Waals surface area contributed by atoms with Crippen LogP contribution in [-0.2, 0) is 17.6 Å². The minimum Gasteiger partial charge on any atom is -0.494 e. The summed E-state index contributed by atoms with van der Waals surface area (Å²) in [5.74, 6) is 0.832. The van der Waals surface area contributed by atoms with Gasteiger partial charge in [-0.15, -0.1) is 11.3 Å². The largest absolute Gasteiger partial charge is 0.494 e. The Kier molecular flexibility index (Phi) is 6.33. The van der Waals surface area contributed by atoms with E-state index < -0.39 is 0 Å². The van der Waals surface area contributed by atoms with E-state index >= 15 is 0 Å². The van der Waals surface area contributed by atoms with Crippen molar-refractivity contribution in [2.75, 3.05) is 13.2 Å². The molecule has 5 nitrogen and oxygen atoms in total. The summed E-state index contributed by atoms with van der Waals surface area (Å²) in [6.07, 6.45) is 2.83. The molecule has 0 spiro atoms. The number of thiazole rings is 1. The first-order chi connectivity index (χ1) is 12.7. The number of benzene rings is 1. The van der Waals surface area contributed by atoms with Crippen molar-refractivity contribution in [2.24, 2.45) is 0 Å². The number of nitrogens with one attached hydrogen (secondary N) is 1. The normalized spacial score (nSPS) is 10.5. The van der Waals surface area contributed by atoms with Crippen molar-refractivity contribution < 1.29 is 9.53 Å². The van der Waals surface area contributed by atoms with Gasteiger partial charge in [-0.05, 0) is 36.8 Å². The fourth-order valence-corrected chi connectivity index (χ4v) is 3.31. The molecule has 0 aliphatic heterocycles. The Morgan fingerprint density at radius 3 is 2.77 bits per heavy atom. The van der Waals surface area contributed by atoms with Gasteiger partial charge in [-0.25, -0.2) is 4.98 Å². The zero-order valence-electron chi connectivity index (χ0n) is 14.6. The summed E-state index contributed by atoms with van der Waals surface area (Å²) in [4.78, 5) is 21.0. The molecule has 0 atom stereocenters. The molecule has 2 aromatic heterocycles. The molecule has 0 radical (unpaired) electrons. The standard InChI is InChI=1S/C20H21N3O2S/c1-2-25-17-8-6-15(7-9-17)13-19(24)22-12-10-16-14-26-20(23-16)18-5-3-4-11-21-18/h3-9,11,14H,2,10,12-13H2,1H3,(H,22,24). The van der Waals surface area contributed by atoms with E-state index in [1.807, 2.05) is 54.8 Å². The van der Waals surface area contributed by atoms with Crippen molar-refractivity contribution in [2.45, 2.75) is 19.8 Å². The Morgan fingerprint density at radius 1 is 1.19 bits per heavy atom. The van der Waals surface area contributed by atoms with Gasteiger partial charge in [-0.3, -0.25) is 9.78 Å². The van der Waals surface area contributed by atoms with Gasteiger partial charge in [0, 0.05) is 24.5 Å². The molecule has 0 aliphatic carbocycles.